The highest BCUT2D eigenvalue weighted by Gasteiger charge is 2.34. The maximum absolute atomic E-state index is 12.6. The number of likely N-dealkylation sites (tertiary alicyclic amines) is 1. The molecule has 4 rings (SSSR count). The lowest BCUT2D eigenvalue weighted by Gasteiger charge is -2.15. The maximum atomic E-state index is 12.6. The lowest BCUT2D eigenvalue weighted by molar-refractivity contribution is -0.130. The molecule has 1 amide bonds. The van der Waals surface area contributed by atoms with Crippen LogP contribution in [0.4, 0.5) is 0 Å². The van der Waals surface area contributed by atoms with E-state index in [1.165, 1.54) is 0 Å². The largest absolute Gasteiger partial charge is 0.461 e. The number of aryl methyl sites for hydroxylation is 2. The number of aromatic nitrogens is 2. The van der Waals surface area contributed by atoms with Gasteiger partial charge in [0.1, 0.15) is 11.3 Å². The lowest BCUT2D eigenvalue weighted by atomic mass is 10.0. The van der Waals surface area contributed by atoms with Crippen molar-refractivity contribution < 1.29 is 9.21 Å². The minimum absolute atomic E-state index is 0.0648. The summed E-state index contributed by atoms with van der Waals surface area (Å²) in [5.74, 6) is 1.07. The minimum Gasteiger partial charge on any atom is -0.461 e. The van der Waals surface area contributed by atoms with Crippen LogP contribution in [0.3, 0.4) is 0 Å². The minimum atomic E-state index is -0.0648. The van der Waals surface area contributed by atoms with Crippen LogP contribution >= 0.6 is 0 Å². The fourth-order valence-corrected chi connectivity index (χ4v) is 3.52. The average molecular weight is 338 g/mol. The van der Waals surface area contributed by atoms with Gasteiger partial charge in [-0.1, -0.05) is 18.2 Å². The Balaban J connectivity index is 1.38. The topological polar surface area (TPSA) is 77.3 Å². The van der Waals surface area contributed by atoms with Crippen LogP contribution in [0.15, 0.2) is 47.3 Å². The van der Waals surface area contributed by atoms with Gasteiger partial charge in [-0.3, -0.25) is 4.79 Å². The van der Waals surface area contributed by atoms with Gasteiger partial charge in [-0.15, -0.1) is 0 Å². The fourth-order valence-electron chi connectivity index (χ4n) is 3.52. The predicted molar refractivity (Wildman–Crippen MR) is 95.0 cm³/mol. The molecular formula is C19H22N4O2. The molecule has 3 heterocycles. The molecule has 6 heteroatoms. The second kappa shape index (κ2) is 6.37. The number of hydrogen-bond donors (Lipinski definition) is 1. The molecule has 0 unspecified atom stereocenters. The zero-order valence-electron chi connectivity index (χ0n) is 14.3. The summed E-state index contributed by atoms with van der Waals surface area (Å²) in [7, 11) is 1.94. The molecule has 0 radical (unpaired) electrons. The molecule has 2 aromatic heterocycles. The molecule has 0 aliphatic carbocycles. The number of nitrogens with two attached hydrogens (primary N) is 1. The van der Waals surface area contributed by atoms with Gasteiger partial charge in [0, 0.05) is 56.5 Å². The van der Waals surface area contributed by atoms with Crippen molar-refractivity contribution in [1.82, 2.24) is 14.5 Å². The highest BCUT2D eigenvalue weighted by atomic mass is 16.3. The Morgan fingerprint density at radius 2 is 2.20 bits per heavy atom. The summed E-state index contributed by atoms with van der Waals surface area (Å²) in [5.41, 5.74) is 8.07. The Morgan fingerprint density at radius 3 is 2.96 bits per heavy atom. The Bertz CT molecular complexity index is 865. The second-order valence-electron chi connectivity index (χ2n) is 6.78. The molecule has 3 aromatic rings. The normalized spacial score (nSPS) is 20.5. The molecule has 6 nitrogen and oxygen atoms in total. The Morgan fingerprint density at radius 1 is 1.36 bits per heavy atom. The van der Waals surface area contributed by atoms with Crippen LogP contribution in [0, 0.1) is 0 Å². The van der Waals surface area contributed by atoms with Crippen molar-refractivity contribution in [3.8, 4) is 0 Å². The summed E-state index contributed by atoms with van der Waals surface area (Å²) in [5, 5.41) is 1.07. The third-order valence-electron chi connectivity index (χ3n) is 4.88. The standard InChI is InChI=1S/C19H22N4O2/c1-22-11-17(21-12-22)15-9-23(10-16(15)20)19(24)7-6-14-8-13-4-2-3-5-18(13)25-14/h2-5,8,11-12,15-16H,6-7,9-10,20H2,1H3/t15-,16-/m1/s1. The van der Waals surface area contributed by atoms with E-state index < -0.39 is 0 Å². The molecule has 1 aliphatic rings. The van der Waals surface area contributed by atoms with Crippen LogP contribution in [0.25, 0.3) is 11.0 Å². The van der Waals surface area contributed by atoms with E-state index in [-0.39, 0.29) is 17.9 Å². The Labute approximate surface area is 146 Å². The predicted octanol–water partition coefficient (Wildman–Crippen LogP) is 2.05. The van der Waals surface area contributed by atoms with Gasteiger partial charge in [0.05, 0.1) is 12.0 Å². The van der Waals surface area contributed by atoms with Crippen molar-refractivity contribution in [1.29, 1.82) is 0 Å². The number of imidazole rings is 1. The third-order valence-corrected chi connectivity index (χ3v) is 4.88. The van der Waals surface area contributed by atoms with Crippen LogP contribution < -0.4 is 5.73 Å². The van der Waals surface area contributed by atoms with Crippen molar-refractivity contribution in [2.75, 3.05) is 13.1 Å². The number of carbonyl (C=O) groups excluding carboxylic acids is 1. The first kappa shape index (κ1) is 15.9. The van der Waals surface area contributed by atoms with E-state index in [1.54, 1.807) is 6.33 Å². The number of nitrogens with zero attached hydrogens (tertiary/aromatic N) is 3. The first-order chi connectivity index (χ1) is 12.1. The molecule has 2 N–H and O–H groups in total. The number of furan rings is 1. The summed E-state index contributed by atoms with van der Waals surface area (Å²) in [4.78, 5) is 18.8. The molecule has 2 atom stereocenters. The van der Waals surface area contributed by atoms with Gasteiger partial charge in [-0.05, 0) is 12.1 Å². The number of carbonyl (C=O) groups is 1. The van der Waals surface area contributed by atoms with E-state index in [1.807, 2.05) is 53.0 Å². The number of rotatable bonds is 4. The van der Waals surface area contributed by atoms with E-state index in [9.17, 15) is 4.79 Å². The average Bonchev–Trinajstić information content (AvgIpc) is 3.30. The third kappa shape index (κ3) is 3.17. The van der Waals surface area contributed by atoms with Gasteiger partial charge >= 0.3 is 0 Å². The van der Waals surface area contributed by atoms with Crippen molar-refractivity contribution >= 4 is 16.9 Å². The molecule has 1 saturated heterocycles. The zero-order valence-corrected chi connectivity index (χ0v) is 14.3. The number of fused-ring (bicyclic) bond motifs is 1. The molecule has 0 bridgehead atoms. The van der Waals surface area contributed by atoms with Crippen molar-refractivity contribution in [2.45, 2.75) is 24.8 Å². The Kier molecular flexibility index (Phi) is 4.05. The highest BCUT2D eigenvalue weighted by Crippen LogP contribution is 2.26. The monoisotopic (exact) mass is 338 g/mol. The van der Waals surface area contributed by atoms with Crippen LogP contribution in [0.2, 0.25) is 0 Å². The lowest BCUT2D eigenvalue weighted by Crippen LogP contribution is -2.32. The van der Waals surface area contributed by atoms with Crippen LogP contribution in [-0.2, 0) is 18.3 Å². The van der Waals surface area contributed by atoms with Crippen molar-refractivity contribution in [3.05, 3.63) is 54.3 Å². The SMILES string of the molecule is Cn1cnc([C@@H]2CN(C(=O)CCc3cc4ccccc4o3)C[C@H]2N)c1. The van der Waals surface area contributed by atoms with Crippen LogP contribution in [0.1, 0.15) is 23.8 Å². The van der Waals surface area contributed by atoms with E-state index in [2.05, 4.69) is 4.98 Å². The quantitative estimate of drug-likeness (QED) is 0.790. The number of benzene rings is 1. The van der Waals surface area contributed by atoms with Crippen molar-refractivity contribution in [3.63, 3.8) is 0 Å². The molecule has 0 saturated carbocycles. The van der Waals surface area contributed by atoms with Gasteiger partial charge in [-0.2, -0.15) is 0 Å². The van der Waals surface area contributed by atoms with Gasteiger partial charge in [0.25, 0.3) is 0 Å². The molecular weight excluding hydrogens is 316 g/mol. The van der Waals surface area contributed by atoms with Gasteiger partial charge in [0.15, 0.2) is 0 Å². The maximum Gasteiger partial charge on any atom is 0.223 e. The molecule has 1 aromatic carbocycles. The van der Waals surface area contributed by atoms with Crippen LogP contribution in [0.5, 0.6) is 0 Å². The van der Waals surface area contributed by atoms with E-state index in [4.69, 9.17) is 10.2 Å². The molecule has 1 aliphatic heterocycles. The molecule has 1 fully saturated rings. The molecule has 0 spiro atoms. The summed E-state index contributed by atoms with van der Waals surface area (Å²) < 4.78 is 7.70. The van der Waals surface area contributed by atoms with Gasteiger partial charge in [-0.25, -0.2) is 4.98 Å². The van der Waals surface area contributed by atoms with Gasteiger partial charge in [0.2, 0.25) is 5.91 Å². The zero-order chi connectivity index (χ0) is 17.4. The molecule has 130 valence electrons. The summed E-state index contributed by atoms with van der Waals surface area (Å²) in [6.45, 7) is 1.22. The number of amides is 1. The fraction of sp³-hybridized carbons (Fsp3) is 0.368. The molecule has 25 heavy (non-hydrogen) atoms. The van der Waals surface area contributed by atoms with Crippen molar-refractivity contribution in [2.24, 2.45) is 12.8 Å². The highest BCUT2D eigenvalue weighted by molar-refractivity contribution is 5.79. The Hall–Kier alpha value is -2.60. The summed E-state index contributed by atoms with van der Waals surface area (Å²) in [6.07, 6.45) is 4.79. The van der Waals surface area contributed by atoms with E-state index in [0.717, 1.165) is 22.4 Å². The van der Waals surface area contributed by atoms with Crippen LogP contribution in [-0.4, -0.2) is 39.5 Å². The smallest absolute Gasteiger partial charge is 0.223 e. The summed E-state index contributed by atoms with van der Waals surface area (Å²) >= 11 is 0. The number of para-hydroxylation sites is 1. The summed E-state index contributed by atoms with van der Waals surface area (Å²) in [6, 6.07) is 9.83. The second-order valence-corrected chi connectivity index (χ2v) is 6.78. The van der Waals surface area contributed by atoms with E-state index in [0.29, 0.717) is 25.9 Å². The first-order valence-corrected chi connectivity index (χ1v) is 8.59. The number of hydrogen-bond acceptors (Lipinski definition) is 4. The van der Waals surface area contributed by atoms with E-state index >= 15 is 0 Å². The first-order valence-electron chi connectivity index (χ1n) is 8.59. The van der Waals surface area contributed by atoms with Gasteiger partial charge < -0.3 is 19.6 Å².